The number of ketones is 1. The van der Waals surface area contributed by atoms with Crippen LogP contribution in [0.2, 0.25) is 0 Å². The topological polar surface area (TPSA) is 55.5 Å². The number of nitrogens with one attached hydrogen (secondary N) is 2. The molecule has 0 fully saturated rings. The Morgan fingerprint density at radius 2 is 1.77 bits per heavy atom. The van der Waals surface area contributed by atoms with E-state index in [0.29, 0.717) is 18.2 Å². The van der Waals surface area contributed by atoms with Gasteiger partial charge in [0, 0.05) is 41.2 Å². The number of likely N-dealkylation sites (N-methyl/N-ethyl adjacent to an activating group) is 1. The van der Waals surface area contributed by atoms with Gasteiger partial charge in [-0.05, 0) is 45.9 Å². The first-order valence-electron chi connectivity index (χ1n) is 9.08. The van der Waals surface area contributed by atoms with Crippen molar-refractivity contribution in [2.75, 3.05) is 20.6 Å². The minimum Gasteiger partial charge on any atom is -0.355 e. The summed E-state index contributed by atoms with van der Waals surface area (Å²) in [5.41, 5.74) is 4.75. The van der Waals surface area contributed by atoms with Crippen molar-refractivity contribution in [3.8, 4) is 0 Å². The lowest BCUT2D eigenvalue weighted by Gasteiger charge is -2.15. The number of hydrogen-bond donors (Lipinski definition) is 2. The molecule has 0 radical (unpaired) electrons. The summed E-state index contributed by atoms with van der Waals surface area (Å²) < 4.78 is 2.21. The number of carbonyl (C=O) groups is 2. The van der Waals surface area contributed by atoms with Gasteiger partial charge in [-0.15, -0.1) is 0 Å². The van der Waals surface area contributed by atoms with E-state index >= 15 is 0 Å². The Hall–Kier alpha value is -2.40. The van der Waals surface area contributed by atoms with Crippen molar-refractivity contribution in [2.45, 2.75) is 40.3 Å². The summed E-state index contributed by atoms with van der Waals surface area (Å²) in [6.07, 6.45) is 0. The normalized spacial score (nSPS) is 12.3. The van der Waals surface area contributed by atoms with Crippen LogP contribution in [0.3, 0.4) is 0 Å². The van der Waals surface area contributed by atoms with Crippen LogP contribution in [0.25, 0.3) is 0 Å². The van der Waals surface area contributed by atoms with Gasteiger partial charge in [0.05, 0.1) is 7.05 Å². The van der Waals surface area contributed by atoms with Gasteiger partial charge in [-0.2, -0.15) is 0 Å². The van der Waals surface area contributed by atoms with E-state index in [1.165, 1.54) is 0 Å². The second-order valence-corrected chi connectivity index (χ2v) is 7.26. The van der Waals surface area contributed by atoms with Crippen molar-refractivity contribution >= 4 is 11.7 Å². The fourth-order valence-electron chi connectivity index (χ4n) is 3.55. The van der Waals surface area contributed by atoms with E-state index < -0.39 is 0 Å². The Balaban J connectivity index is 2.03. The lowest BCUT2D eigenvalue weighted by molar-refractivity contribution is -0.884. The molecule has 1 atom stereocenters. The quantitative estimate of drug-likeness (QED) is 0.745. The number of rotatable bonds is 7. The number of carbonyl (C=O) groups excluding carboxylic acids is 2. The zero-order valence-electron chi connectivity index (χ0n) is 16.6. The van der Waals surface area contributed by atoms with E-state index in [2.05, 4.69) is 23.7 Å². The van der Waals surface area contributed by atoms with Crippen molar-refractivity contribution in [3.05, 3.63) is 58.4 Å². The van der Waals surface area contributed by atoms with E-state index in [0.717, 1.165) is 34.0 Å². The van der Waals surface area contributed by atoms with Crippen LogP contribution in [-0.4, -0.2) is 36.9 Å². The summed E-state index contributed by atoms with van der Waals surface area (Å²) in [7, 11) is 3.64. The number of aryl methyl sites for hydroxylation is 1. The average molecular weight is 356 g/mol. The van der Waals surface area contributed by atoms with Crippen molar-refractivity contribution in [1.29, 1.82) is 0 Å². The maximum atomic E-state index is 12.7. The molecule has 1 amide bonds. The molecule has 1 heterocycles. The van der Waals surface area contributed by atoms with Gasteiger partial charge in [0.15, 0.2) is 0 Å². The second-order valence-electron chi connectivity index (χ2n) is 7.26. The van der Waals surface area contributed by atoms with Gasteiger partial charge in [0.1, 0.15) is 13.1 Å². The third-order valence-electron chi connectivity index (χ3n) is 4.71. The van der Waals surface area contributed by atoms with E-state index in [1.807, 2.05) is 51.2 Å². The van der Waals surface area contributed by atoms with Crippen LogP contribution >= 0.6 is 0 Å². The molecule has 0 saturated carbocycles. The molecule has 2 rings (SSSR count). The molecular formula is C21H30N3O2+. The number of hydrogen-bond acceptors (Lipinski definition) is 2. The predicted molar refractivity (Wildman–Crippen MR) is 104 cm³/mol. The molecular weight excluding hydrogens is 326 g/mol. The van der Waals surface area contributed by atoms with E-state index in [-0.39, 0.29) is 11.7 Å². The first-order chi connectivity index (χ1) is 12.2. The highest BCUT2D eigenvalue weighted by Crippen LogP contribution is 2.20. The summed E-state index contributed by atoms with van der Waals surface area (Å²) >= 11 is 0. The summed E-state index contributed by atoms with van der Waals surface area (Å²) in [5, 5.41) is 2.61. The van der Waals surface area contributed by atoms with Crippen LogP contribution in [0.4, 0.5) is 0 Å². The average Bonchev–Trinajstić information content (AvgIpc) is 2.89. The van der Waals surface area contributed by atoms with E-state index in [9.17, 15) is 9.59 Å². The summed E-state index contributed by atoms with van der Waals surface area (Å²) in [6, 6.07) is 9.88. The number of nitrogens with zero attached hydrogens (tertiary/aromatic N) is 1. The van der Waals surface area contributed by atoms with E-state index in [1.54, 1.807) is 7.05 Å². The van der Waals surface area contributed by atoms with E-state index in [4.69, 9.17) is 0 Å². The lowest BCUT2D eigenvalue weighted by atomic mass is 10.1. The Kier molecular flexibility index (Phi) is 6.37. The van der Waals surface area contributed by atoms with Crippen LogP contribution in [0.5, 0.6) is 0 Å². The highest BCUT2D eigenvalue weighted by atomic mass is 16.1. The Labute approximate surface area is 156 Å². The molecule has 0 aliphatic rings. The maximum absolute atomic E-state index is 12.7. The lowest BCUT2D eigenvalue weighted by Crippen LogP contribution is -3.08. The third-order valence-corrected chi connectivity index (χ3v) is 4.71. The molecule has 26 heavy (non-hydrogen) atoms. The SMILES string of the molecule is CNC(=O)c1ccc(C[NH+](C)CC(=O)c2cc(C)n(C(C)C)c2C)cc1. The second kappa shape index (κ2) is 8.32. The third kappa shape index (κ3) is 4.41. The first-order valence-corrected chi connectivity index (χ1v) is 9.08. The fourth-order valence-corrected chi connectivity index (χ4v) is 3.55. The Bertz CT molecular complexity index is 788. The van der Waals surface area contributed by atoms with Gasteiger partial charge in [0.25, 0.3) is 5.91 Å². The molecule has 140 valence electrons. The summed E-state index contributed by atoms with van der Waals surface area (Å²) in [5.74, 6) is 0.0809. The Morgan fingerprint density at radius 3 is 2.27 bits per heavy atom. The molecule has 0 bridgehead atoms. The van der Waals surface area contributed by atoms with Crippen LogP contribution in [0, 0.1) is 13.8 Å². The maximum Gasteiger partial charge on any atom is 0.251 e. The number of aromatic nitrogens is 1. The zero-order valence-corrected chi connectivity index (χ0v) is 16.6. The van der Waals surface area contributed by atoms with Crippen LogP contribution in [0.15, 0.2) is 30.3 Å². The molecule has 0 aliphatic carbocycles. The summed E-state index contributed by atoms with van der Waals surface area (Å²) in [6.45, 7) is 9.52. The Morgan fingerprint density at radius 1 is 1.15 bits per heavy atom. The largest absolute Gasteiger partial charge is 0.355 e. The molecule has 0 aliphatic heterocycles. The number of amides is 1. The molecule has 1 aromatic carbocycles. The zero-order chi connectivity index (χ0) is 19.4. The van der Waals surface area contributed by atoms with Gasteiger partial charge < -0.3 is 14.8 Å². The number of benzene rings is 1. The van der Waals surface area contributed by atoms with Crippen molar-refractivity contribution in [3.63, 3.8) is 0 Å². The fraction of sp³-hybridized carbons (Fsp3) is 0.429. The smallest absolute Gasteiger partial charge is 0.251 e. The molecule has 2 N–H and O–H groups in total. The monoisotopic (exact) mass is 356 g/mol. The van der Waals surface area contributed by atoms with Crippen molar-refractivity contribution in [1.82, 2.24) is 9.88 Å². The van der Waals surface area contributed by atoms with Crippen molar-refractivity contribution < 1.29 is 14.5 Å². The number of quaternary nitrogens is 1. The molecule has 1 unspecified atom stereocenters. The molecule has 2 aromatic rings. The van der Waals surface area contributed by atoms with Crippen LogP contribution < -0.4 is 10.2 Å². The van der Waals surface area contributed by atoms with Gasteiger partial charge in [-0.1, -0.05) is 12.1 Å². The molecule has 5 nitrogen and oxygen atoms in total. The standard InChI is InChI=1S/C21H29N3O2/c1-14(2)24-15(3)11-19(16(24)4)20(25)13-23(6)12-17-7-9-18(10-8-17)21(26)22-5/h7-11,14H,12-13H2,1-6H3,(H,22,26)/p+1. The number of Topliss-reactive ketones (excluding diaryl/α,β-unsaturated/α-hetero) is 1. The van der Waals surface area contributed by atoms with Gasteiger partial charge >= 0.3 is 0 Å². The summed E-state index contributed by atoms with van der Waals surface area (Å²) in [4.78, 5) is 25.5. The van der Waals surface area contributed by atoms with Gasteiger partial charge in [-0.3, -0.25) is 9.59 Å². The highest BCUT2D eigenvalue weighted by molar-refractivity contribution is 5.98. The highest BCUT2D eigenvalue weighted by Gasteiger charge is 2.20. The van der Waals surface area contributed by atoms with Crippen molar-refractivity contribution in [2.24, 2.45) is 0 Å². The predicted octanol–water partition coefficient (Wildman–Crippen LogP) is 1.94. The molecule has 0 saturated heterocycles. The molecule has 5 heteroatoms. The first kappa shape index (κ1) is 19.9. The minimum absolute atomic E-state index is 0.0899. The van der Waals surface area contributed by atoms with Gasteiger partial charge in [-0.25, -0.2) is 0 Å². The molecule has 1 aromatic heterocycles. The molecule has 0 spiro atoms. The minimum atomic E-state index is -0.0899. The van der Waals surface area contributed by atoms with Crippen LogP contribution in [0.1, 0.15) is 57.6 Å². The van der Waals surface area contributed by atoms with Crippen LogP contribution in [-0.2, 0) is 6.54 Å². The van der Waals surface area contributed by atoms with Gasteiger partial charge in [0.2, 0.25) is 5.78 Å².